The van der Waals surface area contributed by atoms with Crippen molar-refractivity contribution in [3.05, 3.63) is 102 Å². The van der Waals surface area contributed by atoms with Crippen molar-refractivity contribution < 1.29 is 39.0 Å². The van der Waals surface area contributed by atoms with E-state index in [0.29, 0.717) is 17.5 Å². The fourth-order valence-electron chi connectivity index (χ4n) is 5.60. The van der Waals surface area contributed by atoms with E-state index in [0.717, 1.165) is 11.6 Å². The zero-order chi connectivity index (χ0) is 40.7. The Bertz CT molecular complexity index is 1820. The first-order valence-electron chi connectivity index (χ1n) is 18.1. The molecular formula is C41H52N6O8. The van der Waals surface area contributed by atoms with Crippen LogP contribution in [0.1, 0.15) is 57.7 Å². The lowest BCUT2D eigenvalue weighted by Crippen LogP contribution is -2.60. The maximum atomic E-state index is 14.0. The summed E-state index contributed by atoms with van der Waals surface area (Å²) >= 11 is 0. The van der Waals surface area contributed by atoms with Gasteiger partial charge in [-0.25, -0.2) is 0 Å². The minimum atomic E-state index is -1.19. The second kappa shape index (κ2) is 20.9. The van der Waals surface area contributed by atoms with Gasteiger partial charge >= 0.3 is 0 Å². The minimum Gasteiger partial charge on any atom is -0.504 e. The molecule has 0 aliphatic heterocycles. The van der Waals surface area contributed by atoms with Crippen LogP contribution in [-0.4, -0.2) is 75.9 Å². The van der Waals surface area contributed by atoms with Gasteiger partial charge in [0.25, 0.3) is 0 Å². The molecule has 5 atom stereocenters. The number of hydrogen-bond acceptors (Lipinski definition) is 8. The molecule has 6 amide bonds. The fraction of sp³-hybridized carbons (Fsp3) is 0.366. The Labute approximate surface area is 321 Å². The number of benzene rings is 3. The zero-order valence-corrected chi connectivity index (χ0v) is 31.7. The Kier molecular flexibility index (Phi) is 16.4. The van der Waals surface area contributed by atoms with Gasteiger partial charge in [-0.15, -0.1) is 0 Å². The second-order valence-electron chi connectivity index (χ2n) is 14.1. The van der Waals surface area contributed by atoms with Crippen molar-refractivity contribution in [1.82, 2.24) is 26.6 Å². The van der Waals surface area contributed by atoms with Crippen molar-refractivity contribution >= 4 is 41.5 Å². The van der Waals surface area contributed by atoms with Crippen LogP contribution in [0.25, 0.3) is 6.08 Å². The molecule has 3 aromatic carbocycles. The van der Waals surface area contributed by atoms with Gasteiger partial charge < -0.3 is 42.5 Å². The molecule has 0 bridgehead atoms. The highest BCUT2D eigenvalue weighted by Gasteiger charge is 2.33. The SMILES string of the molecule is CC(C)C[C@@H](NC(=O)[C@H](NC(=O)[C@@H](Cc1ccccc1)NC(=O)[C@@H](Cc1ccccc1)NC(=O)[C@@H](C)NC(=O)/C=C/c1ccc(O)c(O)c1)C(C)C)C(N)=O. The summed E-state index contributed by atoms with van der Waals surface area (Å²) in [7, 11) is 0. The van der Waals surface area contributed by atoms with E-state index in [2.05, 4.69) is 26.6 Å². The second-order valence-corrected chi connectivity index (χ2v) is 14.1. The van der Waals surface area contributed by atoms with Crippen molar-refractivity contribution in [2.24, 2.45) is 17.6 Å². The Morgan fingerprint density at radius 2 is 1.13 bits per heavy atom. The number of carbonyl (C=O) groups excluding carboxylic acids is 6. The number of primary amides is 1. The number of phenols is 2. The first-order chi connectivity index (χ1) is 26.0. The molecule has 14 heteroatoms. The predicted molar refractivity (Wildman–Crippen MR) is 208 cm³/mol. The number of rotatable bonds is 19. The summed E-state index contributed by atoms with van der Waals surface area (Å²) in [6, 6.07) is 16.4. The van der Waals surface area contributed by atoms with E-state index in [1.165, 1.54) is 31.2 Å². The highest BCUT2D eigenvalue weighted by Crippen LogP contribution is 2.25. The lowest BCUT2D eigenvalue weighted by molar-refractivity contribution is -0.135. The van der Waals surface area contributed by atoms with Gasteiger partial charge in [-0.3, -0.25) is 28.8 Å². The molecule has 14 nitrogen and oxygen atoms in total. The lowest BCUT2D eigenvalue weighted by Gasteiger charge is -2.28. The average Bonchev–Trinajstić information content (AvgIpc) is 3.13. The Morgan fingerprint density at radius 3 is 1.62 bits per heavy atom. The summed E-state index contributed by atoms with van der Waals surface area (Å²) in [6.07, 6.45) is 2.94. The number of aromatic hydroxyl groups is 2. The van der Waals surface area contributed by atoms with Crippen LogP contribution in [0.4, 0.5) is 0 Å². The molecule has 55 heavy (non-hydrogen) atoms. The van der Waals surface area contributed by atoms with Crippen LogP contribution >= 0.6 is 0 Å². The number of amides is 6. The van der Waals surface area contributed by atoms with E-state index in [-0.39, 0.29) is 30.3 Å². The van der Waals surface area contributed by atoms with Crippen LogP contribution in [0, 0.1) is 11.8 Å². The van der Waals surface area contributed by atoms with E-state index in [4.69, 9.17) is 5.73 Å². The van der Waals surface area contributed by atoms with Crippen molar-refractivity contribution in [3.63, 3.8) is 0 Å². The molecule has 0 heterocycles. The summed E-state index contributed by atoms with van der Waals surface area (Å²) in [5.74, 6) is -4.97. The number of hydrogen-bond donors (Lipinski definition) is 8. The van der Waals surface area contributed by atoms with Crippen LogP contribution in [0.5, 0.6) is 11.5 Å². The van der Waals surface area contributed by atoms with Crippen LogP contribution in [0.15, 0.2) is 84.9 Å². The normalized spacial score (nSPS) is 13.9. The molecule has 0 radical (unpaired) electrons. The molecule has 3 rings (SSSR count). The van der Waals surface area contributed by atoms with E-state index in [9.17, 15) is 39.0 Å². The summed E-state index contributed by atoms with van der Waals surface area (Å²) < 4.78 is 0. The van der Waals surface area contributed by atoms with Gasteiger partial charge in [0.1, 0.15) is 30.2 Å². The van der Waals surface area contributed by atoms with Crippen molar-refractivity contribution in [1.29, 1.82) is 0 Å². The van der Waals surface area contributed by atoms with Gasteiger partial charge in [-0.05, 0) is 60.1 Å². The molecule has 0 fully saturated rings. The Balaban J connectivity index is 1.82. The summed E-state index contributed by atoms with van der Waals surface area (Å²) in [4.78, 5) is 79.6. The largest absolute Gasteiger partial charge is 0.504 e. The van der Waals surface area contributed by atoms with Gasteiger partial charge in [0, 0.05) is 18.9 Å². The summed E-state index contributed by atoms with van der Waals surface area (Å²) in [5, 5.41) is 32.6. The fourth-order valence-corrected chi connectivity index (χ4v) is 5.60. The van der Waals surface area contributed by atoms with Crippen molar-refractivity contribution in [3.8, 4) is 11.5 Å². The van der Waals surface area contributed by atoms with Crippen LogP contribution in [-0.2, 0) is 41.6 Å². The monoisotopic (exact) mass is 756 g/mol. The van der Waals surface area contributed by atoms with Crippen molar-refractivity contribution in [2.45, 2.75) is 84.1 Å². The zero-order valence-electron chi connectivity index (χ0n) is 31.7. The summed E-state index contributed by atoms with van der Waals surface area (Å²) in [6.45, 7) is 8.68. The van der Waals surface area contributed by atoms with Gasteiger partial charge in [0.15, 0.2) is 11.5 Å². The third-order valence-corrected chi connectivity index (χ3v) is 8.62. The highest BCUT2D eigenvalue weighted by molar-refractivity contribution is 5.98. The minimum absolute atomic E-state index is 0.0460. The van der Waals surface area contributed by atoms with E-state index in [1.807, 2.05) is 19.9 Å². The third kappa shape index (κ3) is 14.3. The molecule has 9 N–H and O–H groups in total. The molecule has 0 aliphatic rings. The van der Waals surface area contributed by atoms with E-state index >= 15 is 0 Å². The quantitative estimate of drug-likeness (QED) is 0.0667. The molecule has 0 aliphatic carbocycles. The topological polar surface area (TPSA) is 229 Å². The number of phenolic OH excluding ortho intramolecular Hbond substituents is 2. The molecule has 3 aromatic rings. The van der Waals surface area contributed by atoms with Crippen LogP contribution in [0.3, 0.4) is 0 Å². The molecule has 0 aromatic heterocycles. The molecule has 0 saturated heterocycles. The van der Waals surface area contributed by atoms with E-state index in [1.54, 1.807) is 68.4 Å². The molecule has 0 spiro atoms. The van der Waals surface area contributed by atoms with Crippen LogP contribution < -0.4 is 32.3 Å². The van der Waals surface area contributed by atoms with E-state index < -0.39 is 71.6 Å². The number of nitrogens with one attached hydrogen (secondary N) is 5. The maximum absolute atomic E-state index is 14.0. The van der Waals surface area contributed by atoms with Gasteiger partial charge in [0.2, 0.25) is 35.4 Å². The molecular weight excluding hydrogens is 704 g/mol. The predicted octanol–water partition coefficient (Wildman–Crippen LogP) is 2.23. The van der Waals surface area contributed by atoms with Crippen molar-refractivity contribution in [2.75, 3.05) is 0 Å². The smallest absolute Gasteiger partial charge is 0.244 e. The molecule has 294 valence electrons. The summed E-state index contributed by atoms with van der Waals surface area (Å²) in [5.41, 5.74) is 7.41. The maximum Gasteiger partial charge on any atom is 0.244 e. The Hall–Kier alpha value is -6.18. The van der Waals surface area contributed by atoms with Crippen LogP contribution in [0.2, 0.25) is 0 Å². The highest BCUT2D eigenvalue weighted by atomic mass is 16.3. The van der Waals surface area contributed by atoms with Gasteiger partial charge in [-0.1, -0.05) is 94.4 Å². The standard InChI is InChI=1S/C41H52N6O8/c1-24(2)20-30(37(42)51)44-41(55)36(25(3)4)47-40(54)32(22-28-14-10-7-11-15-28)46-39(53)31(21-27-12-8-6-9-13-27)45-38(52)26(5)43-35(50)19-17-29-16-18-33(48)34(49)23-29/h6-19,23-26,30-32,36,48-49H,20-22H2,1-5H3,(H2,42,51)(H,43,50)(H,44,55)(H,45,52)(H,46,53)(H,47,54)/b19-17+/t26-,30-,31-,32-,36-/m1/s1. The third-order valence-electron chi connectivity index (χ3n) is 8.62. The number of nitrogens with two attached hydrogens (primary N) is 1. The van der Waals surface area contributed by atoms with Gasteiger partial charge in [-0.2, -0.15) is 0 Å². The lowest BCUT2D eigenvalue weighted by atomic mass is 9.98. The number of carbonyl (C=O) groups is 6. The Morgan fingerprint density at radius 1 is 0.618 bits per heavy atom. The average molecular weight is 757 g/mol. The first-order valence-corrected chi connectivity index (χ1v) is 18.1. The molecule has 0 unspecified atom stereocenters. The molecule has 0 saturated carbocycles. The first kappa shape index (κ1) is 43.2. The van der Waals surface area contributed by atoms with Gasteiger partial charge in [0.05, 0.1) is 0 Å².